The summed E-state index contributed by atoms with van der Waals surface area (Å²) in [7, 11) is -4.12. The number of fused-ring (bicyclic) bond motifs is 4. The number of aliphatic hydroxyl groups is 2. The number of halogens is 1. The number of aliphatic hydroxyl groups excluding tert-OH is 1. The van der Waals surface area contributed by atoms with Gasteiger partial charge in [0.15, 0.2) is 0 Å². The lowest BCUT2D eigenvalue weighted by Gasteiger charge is -2.45. The zero-order chi connectivity index (χ0) is 31.3. The molecule has 2 aliphatic carbocycles. The number of carbonyl (C=O) groups is 1. The Balaban J connectivity index is 1.40. The van der Waals surface area contributed by atoms with Crippen LogP contribution in [0.15, 0.2) is 48.6 Å². The highest BCUT2D eigenvalue weighted by Gasteiger charge is 2.44. The summed E-state index contributed by atoms with van der Waals surface area (Å²) in [6.07, 6.45) is 8.39. The van der Waals surface area contributed by atoms with Crippen LogP contribution in [0.1, 0.15) is 80.3 Å². The van der Waals surface area contributed by atoms with Crippen LogP contribution < -0.4 is 14.4 Å². The monoisotopic (exact) mass is 642 g/mol. The highest BCUT2D eigenvalue weighted by Crippen LogP contribution is 2.46. The average Bonchev–Trinajstić information content (AvgIpc) is 3.08. The van der Waals surface area contributed by atoms with E-state index in [9.17, 15) is 23.4 Å². The second kappa shape index (κ2) is 12.0. The molecule has 3 N–H and O–H groups in total. The maximum Gasteiger partial charge on any atom is 0.264 e. The summed E-state index contributed by atoms with van der Waals surface area (Å²) in [6.45, 7) is 4.96. The van der Waals surface area contributed by atoms with Gasteiger partial charge >= 0.3 is 0 Å². The van der Waals surface area contributed by atoms with Crippen molar-refractivity contribution in [3.05, 3.63) is 70.3 Å². The number of aryl methyl sites for hydroxylation is 1. The number of anilines is 1. The van der Waals surface area contributed by atoms with Crippen molar-refractivity contribution < 1.29 is 28.2 Å². The van der Waals surface area contributed by atoms with Crippen LogP contribution >= 0.6 is 11.6 Å². The first-order valence-corrected chi connectivity index (χ1v) is 17.7. The van der Waals surface area contributed by atoms with E-state index in [0.29, 0.717) is 31.9 Å². The van der Waals surface area contributed by atoms with E-state index in [1.165, 1.54) is 11.1 Å². The lowest BCUT2D eigenvalue weighted by atomic mass is 9.68. The Labute approximate surface area is 265 Å². The van der Waals surface area contributed by atoms with Crippen molar-refractivity contribution in [3.8, 4) is 5.75 Å². The molecule has 0 unspecified atom stereocenters. The van der Waals surface area contributed by atoms with E-state index in [0.717, 1.165) is 42.8 Å². The van der Waals surface area contributed by atoms with E-state index >= 15 is 0 Å². The number of ether oxygens (including phenoxy) is 1. The van der Waals surface area contributed by atoms with Crippen molar-refractivity contribution in [1.29, 1.82) is 0 Å². The van der Waals surface area contributed by atoms with E-state index in [-0.39, 0.29) is 35.7 Å². The molecule has 10 heteroatoms. The van der Waals surface area contributed by atoms with Crippen LogP contribution in [0.25, 0.3) is 0 Å². The molecule has 8 nitrogen and oxygen atoms in total. The molecule has 0 radical (unpaired) electrons. The molecule has 1 spiro atoms. The van der Waals surface area contributed by atoms with Crippen molar-refractivity contribution in [2.24, 2.45) is 11.8 Å². The highest BCUT2D eigenvalue weighted by molar-refractivity contribution is 7.90. The fraction of sp³-hybridized carbons (Fsp3) is 0.559. The number of sulfonamides is 1. The second-order valence-corrected chi connectivity index (χ2v) is 16.3. The summed E-state index contributed by atoms with van der Waals surface area (Å²) in [5.41, 5.74) is 1.93. The Morgan fingerprint density at radius 2 is 1.98 bits per heavy atom. The minimum atomic E-state index is -4.12. The van der Waals surface area contributed by atoms with Gasteiger partial charge in [0.05, 0.1) is 29.2 Å². The van der Waals surface area contributed by atoms with Gasteiger partial charge in [0, 0.05) is 29.1 Å². The number of nitrogens with zero attached hydrogens (tertiary/aromatic N) is 1. The average molecular weight is 643 g/mol. The summed E-state index contributed by atoms with van der Waals surface area (Å²) < 4.78 is 35.8. The molecule has 2 bridgehead atoms. The van der Waals surface area contributed by atoms with E-state index in [2.05, 4.69) is 21.8 Å². The van der Waals surface area contributed by atoms with Crippen molar-refractivity contribution in [3.63, 3.8) is 0 Å². The molecule has 1 amide bonds. The SMILES string of the molecule is CC(C)(O)C[C@@H]1CC/C=C/[C@H](O)[C@@H]2CC[C@H]2CN2C[C@@]3(CCCc4cc(Cl)ccc43)COc3ccc(cc32)C(=O)NS1(=O)=O. The maximum atomic E-state index is 13.5. The Bertz CT molecular complexity index is 1550. The quantitative estimate of drug-likeness (QED) is 0.389. The van der Waals surface area contributed by atoms with Gasteiger partial charge in [-0.25, -0.2) is 13.1 Å². The fourth-order valence-electron chi connectivity index (χ4n) is 7.67. The lowest BCUT2D eigenvalue weighted by molar-refractivity contribution is 0.0455. The van der Waals surface area contributed by atoms with Crippen LogP contribution in [-0.4, -0.2) is 61.2 Å². The number of benzene rings is 2. The highest BCUT2D eigenvalue weighted by atomic mass is 35.5. The standard InChI is InChI=1S/C34H43ClN2O6S/c1-33(2,40)18-26-7-3-4-8-30(38)27-12-9-24(27)19-37-20-34(15-5-6-22-16-25(35)11-13-28(22)34)21-43-31-14-10-23(17-29(31)37)32(39)36-44(26,41)42/h4,8,10-11,13-14,16-17,24,26-27,30,38,40H,3,5-7,9,12,15,18-21H2,1-2H3,(H,36,39)/b8-4+/t24-,26-,27+,30-,34-/m0/s1. The smallest absolute Gasteiger partial charge is 0.264 e. The Morgan fingerprint density at radius 3 is 2.73 bits per heavy atom. The van der Waals surface area contributed by atoms with Gasteiger partial charge in [0.1, 0.15) is 5.75 Å². The third-order valence-electron chi connectivity index (χ3n) is 10.1. The summed E-state index contributed by atoms with van der Waals surface area (Å²) in [5.74, 6) is 0.284. The Kier molecular flexibility index (Phi) is 8.54. The normalized spacial score (nSPS) is 31.0. The van der Waals surface area contributed by atoms with Crippen molar-refractivity contribution >= 4 is 33.2 Å². The molecule has 4 aliphatic rings. The molecule has 2 aliphatic heterocycles. The number of rotatable bonds is 2. The zero-order valence-corrected chi connectivity index (χ0v) is 27.0. The van der Waals surface area contributed by atoms with Gasteiger partial charge in [-0.05, 0) is 119 Å². The van der Waals surface area contributed by atoms with Gasteiger partial charge in [-0.2, -0.15) is 0 Å². The molecule has 6 rings (SSSR count). The number of allylic oxidation sites excluding steroid dienone is 1. The van der Waals surface area contributed by atoms with Gasteiger partial charge in [-0.15, -0.1) is 0 Å². The molecule has 1 fully saturated rings. The van der Waals surface area contributed by atoms with Gasteiger partial charge in [0.2, 0.25) is 10.0 Å². The lowest BCUT2D eigenvalue weighted by Crippen LogP contribution is -2.49. The van der Waals surface area contributed by atoms with Crippen LogP contribution in [0.2, 0.25) is 5.02 Å². The molecule has 0 saturated heterocycles. The number of hydrogen-bond donors (Lipinski definition) is 3. The molecule has 5 atom stereocenters. The molecule has 1 saturated carbocycles. The Hall–Kier alpha value is -2.59. The largest absolute Gasteiger partial charge is 0.490 e. The molecule has 2 aromatic carbocycles. The maximum absolute atomic E-state index is 13.5. The first-order valence-electron chi connectivity index (χ1n) is 15.8. The third kappa shape index (κ3) is 6.39. The molecule has 238 valence electrons. The number of carbonyl (C=O) groups excluding carboxylic acids is 1. The van der Waals surface area contributed by atoms with Crippen molar-refractivity contribution in [2.75, 3.05) is 24.6 Å². The van der Waals surface area contributed by atoms with E-state index in [1.54, 1.807) is 38.1 Å². The molecule has 2 aromatic rings. The minimum absolute atomic E-state index is 0.0305. The molecule has 44 heavy (non-hydrogen) atoms. The molecule has 2 heterocycles. The summed E-state index contributed by atoms with van der Waals surface area (Å²) in [5, 5.41) is 21.4. The predicted molar refractivity (Wildman–Crippen MR) is 172 cm³/mol. The van der Waals surface area contributed by atoms with Crippen molar-refractivity contribution in [1.82, 2.24) is 4.72 Å². The van der Waals surface area contributed by atoms with Crippen LogP contribution in [0.3, 0.4) is 0 Å². The summed E-state index contributed by atoms with van der Waals surface area (Å²) >= 11 is 6.39. The number of nitrogens with one attached hydrogen (secondary N) is 1. The van der Waals surface area contributed by atoms with Gasteiger partial charge in [-0.3, -0.25) is 4.79 Å². The second-order valence-electron chi connectivity index (χ2n) is 13.9. The van der Waals surface area contributed by atoms with Gasteiger partial charge in [-0.1, -0.05) is 29.8 Å². The van der Waals surface area contributed by atoms with Crippen molar-refractivity contribution in [2.45, 2.75) is 87.6 Å². The van der Waals surface area contributed by atoms with E-state index in [1.807, 2.05) is 12.1 Å². The molecular weight excluding hydrogens is 600 g/mol. The number of hydrogen-bond acceptors (Lipinski definition) is 7. The number of amides is 1. The third-order valence-corrected chi connectivity index (χ3v) is 12.0. The topological polar surface area (TPSA) is 116 Å². The van der Waals surface area contributed by atoms with E-state index in [4.69, 9.17) is 16.3 Å². The predicted octanol–water partition coefficient (Wildman–Crippen LogP) is 5.14. The molecular formula is C34H43ClN2O6S. The van der Waals surface area contributed by atoms with Crippen LogP contribution in [0.4, 0.5) is 5.69 Å². The minimum Gasteiger partial charge on any atom is -0.490 e. The van der Waals surface area contributed by atoms with Crippen LogP contribution in [0, 0.1) is 11.8 Å². The van der Waals surface area contributed by atoms with Crippen LogP contribution in [-0.2, 0) is 21.9 Å². The van der Waals surface area contributed by atoms with Gasteiger partial charge in [0.25, 0.3) is 5.91 Å². The van der Waals surface area contributed by atoms with E-state index < -0.39 is 32.9 Å². The van der Waals surface area contributed by atoms with Gasteiger partial charge < -0.3 is 19.8 Å². The first-order chi connectivity index (χ1) is 20.8. The van der Waals surface area contributed by atoms with Crippen LogP contribution in [0.5, 0.6) is 5.75 Å². The summed E-state index contributed by atoms with van der Waals surface area (Å²) in [4.78, 5) is 15.8. The molecule has 0 aromatic heterocycles. The fourth-order valence-corrected chi connectivity index (χ4v) is 9.48. The Morgan fingerprint density at radius 1 is 1.16 bits per heavy atom. The summed E-state index contributed by atoms with van der Waals surface area (Å²) in [6, 6.07) is 11.2. The zero-order valence-electron chi connectivity index (χ0n) is 25.5. The first kappa shape index (κ1) is 31.4.